The molecule has 0 N–H and O–H groups in total. The molecular formula is C18H32N4O3. The molecule has 1 aromatic heterocycles. The van der Waals surface area contributed by atoms with Gasteiger partial charge in [0.2, 0.25) is 11.8 Å². The molecule has 25 heavy (non-hydrogen) atoms. The number of piperidine rings is 1. The Bertz CT molecular complexity index is 557. The van der Waals surface area contributed by atoms with E-state index in [-0.39, 0.29) is 12.0 Å². The molecule has 0 radical (unpaired) electrons. The third kappa shape index (κ3) is 6.30. The van der Waals surface area contributed by atoms with Gasteiger partial charge in [0.1, 0.15) is 5.60 Å². The van der Waals surface area contributed by atoms with Gasteiger partial charge >= 0.3 is 6.09 Å². The zero-order valence-electron chi connectivity index (χ0n) is 16.4. The first-order valence-corrected chi connectivity index (χ1v) is 9.13. The Kier molecular flexibility index (Phi) is 6.43. The van der Waals surface area contributed by atoms with Crippen LogP contribution < -0.4 is 0 Å². The smallest absolute Gasteiger partial charge is 0.410 e. The van der Waals surface area contributed by atoms with Crippen LogP contribution >= 0.6 is 0 Å². The van der Waals surface area contributed by atoms with E-state index in [1.165, 1.54) is 0 Å². The van der Waals surface area contributed by atoms with E-state index < -0.39 is 5.60 Å². The first-order valence-electron chi connectivity index (χ1n) is 9.13. The Labute approximate surface area is 150 Å². The average molecular weight is 352 g/mol. The predicted octanol–water partition coefficient (Wildman–Crippen LogP) is 3.27. The Morgan fingerprint density at radius 3 is 2.48 bits per heavy atom. The van der Waals surface area contributed by atoms with Crippen LogP contribution in [0.25, 0.3) is 0 Å². The Morgan fingerprint density at radius 1 is 1.32 bits per heavy atom. The molecular weight excluding hydrogens is 320 g/mol. The fraction of sp³-hybridized carbons (Fsp3) is 0.833. The van der Waals surface area contributed by atoms with Gasteiger partial charge in [-0.1, -0.05) is 13.8 Å². The van der Waals surface area contributed by atoms with Crippen molar-refractivity contribution in [2.75, 3.05) is 26.7 Å². The van der Waals surface area contributed by atoms with Gasteiger partial charge < -0.3 is 14.1 Å². The third-order valence-electron chi connectivity index (χ3n) is 4.28. The summed E-state index contributed by atoms with van der Waals surface area (Å²) in [5, 5.41) is 8.21. The monoisotopic (exact) mass is 352 g/mol. The van der Waals surface area contributed by atoms with Gasteiger partial charge in [-0.2, -0.15) is 0 Å². The van der Waals surface area contributed by atoms with Crippen LogP contribution in [0.15, 0.2) is 4.42 Å². The summed E-state index contributed by atoms with van der Waals surface area (Å²) in [5.74, 6) is 2.15. The minimum absolute atomic E-state index is 0.248. The number of likely N-dealkylation sites (tertiary alicyclic amines) is 1. The Hall–Kier alpha value is -1.63. The van der Waals surface area contributed by atoms with Gasteiger partial charge in [0.05, 0.1) is 6.54 Å². The number of aromatic nitrogens is 2. The van der Waals surface area contributed by atoms with E-state index >= 15 is 0 Å². The van der Waals surface area contributed by atoms with Crippen LogP contribution in [0, 0.1) is 5.92 Å². The number of amides is 1. The molecule has 0 atom stereocenters. The maximum Gasteiger partial charge on any atom is 0.410 e. The molecule has 0 unspecified atom stereocenters. The van der Waals surface area contributed by atoms with Crippen LogP contribution in [0.5, 0.6) is 0 Å². The van der Waals surface area contributed by atoms with Gasteiger partial charge in [-0.15, -0.1) is 10.2 Å². The minimum atomic E-state index is -0.451. The molecule has 0 aliphatic carbocycles. The molecule has 1 fully saturated rings. The van der Waals surface area contributed by atoms with E-state index in [2.05, 4.69) is 15.1 Å². The van der Waals surface area contributed by atoms with E-state index in [4.69, 9.17) is 9.15 Å². The topological polar surface area (TPSA) is 71.7 Å². The number of rotatable bonds is 5. The van der Waals surface area contributed by atoms with Crippen molar-refractivity contribution in [3.63, 3.8) is 0 Å². The SMILES string of the molecule is CC(C)c1nnc(CN2CCC(CN(C)C(=O)OC(C)(C)C)CC2)o1. The maximum absolute atomic E-state index is 12.1. The quantitative estimate of drug-likeness (QED) is 0.810. The molecule has 142 valence electrons. The zero-order chi connectivity index (χ0) is 18.6. The Balaban J connectivity index is 1.74. The second kappa shape index (κ2) is 8.17. The number of hydrogen-bond donors (Lipinski definition) is 0. The van der Waals surface area contributed by atoms with Crippen LogP contribution in [0.3, 0.4) is 0 Å². The lowest BCUT2D eigenvalue weighted by Gasteiger charge is -2.33. The van der Waals surface area contributed by atoms with Gasteiger partial charge in [-0.3, -0.25) is 4.90 Å². The van der Waals surface area contributed by atoms with Crippen molar-refractivity contribution >= 4 is 6.09 Å². The molecule has 2 heterocycles. The van der Waals surface area contributed by atoms with Gasteiger partial charge in [0.25, 0.3) is 0 Å². The summed E-state index contributed by atoms with van der Waals surface area (Å²) in [4.78, 5) is 16.1. The van der Waals surface area contributed by atoms with Crippen molar-refractivity contribution in [1.82, 2.24) is 20.0 Å². The lowest BCUT2D eigenvalue weighted by atomic mass is 9.96. The lowest BCUT2D eigenvalue weighted by Crippen LogP contribution is -2.41. The second-order valence-electron chi connectivity index (χ2n) is 8.27. The van der Waals surface area contributed by atoms with Crippen molar-refractivity contribution in [2.45, 2.75) is 65.5 Å². The normalized spacial score (nSPS) is 17.1. The molecule has 1 saturated heterocycles. The highest BCUT2D eigenvalue weighted by Crippen LogP contribution is 2.21. The standard InChI is InChI=1S/C18H32N4O3/c1-13(2)16-20-19-15(24-16)12-22-9-7-14(8-10-22)11-21(6)17(23)25-18(3,4)5/h13-14H,7-12H2,1-6H3. The summed E-state index contributed by atoms with van der Waals surface area (Å²) in [6.07, 6.45) is 1.86. The van der Waals surface area contributed by atoms with Crippen molar-refractivity contribution in [2.24, 2.45) is 5.92 Å². The first kappa shape index (κ1) is 19.7. The molecule has 1 aliphatic heterocycles. The fourth-order valence-electron chi connectivity index (χ4n) is 2.88. The summed E-state index contributed by atoms with van der Waals surface area (Å²) in [5.41, 5.74) is -0.451. The molecule has 0 saturated carbocycles. The first-order chi connectivity index (χ1) is 11.6. The van der Waals surface area contributed by atoms with Gasteiger partial charge in [0.15, 0.2) is 0 Å². The summed E-state index contributed by atoms with van der Waals surface area (Å²) >= 11 is 0. The highest BCUT2D eigenvalue weighted by atomic mass is 16.6. The van der Waals surface area contributed by atoms with Crippen molar-refractivity contribution in [3.05, 3.63) is 11.8 Å². The molecule has 0 bridgehead atoms. The van der Waals surface area contributed by atoms with E-state index in [1.54, 1.807) is 4.90 Å². The maximum atomic E-state index is 12.1. The van der Waals surface area contributed by atoms with Crippen molar-refractivity contribution in [3.8, 4) is 0 Å². The number of carbonyl (C=O) groups excluding carboxylic acids is 1. The van der Waals surface area contributed by atoms with Crippen LogP contribution in [0.2, 0.25) is 0 Å². The van der Waals surface area contributed by atoms with E-state index in [9.17, 15) is 4.79 Å². The van der Waals surface area contributed by atoms with E-state index in [0.29, 0.717) is 24.2 Å². The molecule has 0 spiro atoms. The van der Waals surface area contributed by atoms with Crippen LogP contribution in [0.4, 0.5) is 4.79 Å². The average Bonchev–Trinajstić information content (AvgIpc) is 2.96. The van der Waals surface area contributed by atoms with Crippen LogP contribution in [0.1, 0.15) is 65.2 Å². The van der Waals surface area contributed by atoms with Gasteiger partial charge in [-0.25, -0.2) is 4.79 Å². The molecule has 0 aromatic carbocycles. The third-order valence-corrected chi connectivity index (χ3v) is 4.28. The number of hydrogen-bond acceptors (Lipinski definition) is 6. The molecule has 1 aromatic rings. The van der Waals surface area contributed by atoms with Crippen molar-refractivity contribution in [1.29, 1.82) is 0 Å². The summed E-state index contributed by atoms with van der Waals surface area (Å²) in [6.45, 7) is 13.2. The molecule has 7 heteroatoms. The highest BCUT2D eigenvalue weighted by molar-refractivity contribution is 5.67. The zero-order valence-corrected chi connectivity index (χ0v) is 16.4. The Morgan fingerprint density at radius 2 is 1.96 bits per heavy atom. The summed E-state index contributed by atoms with van der Waals surface area (Å²) in [6, 6.07) is 0. The van der Waals surface area contributed by atoms with E-state index in [1.807, 2.05) is 41.7 Å². The largest absolute Gasteiger partial charge is 0.444 e. The van der Waals surface area contributed by atoms with Crippen LogP contribution in [-0.2, 0) is 11.3 Å². The molecule has 1 aliphatic rings. The number of ether oxygens (including phenoxy) is 1. The lowest BCUT2D eigenvalue weighted by molar-refractivity contribution is 0.0247. The second-order valence-corrected chi connectivity index (χ2v) is 8.27. The minimum Gasteiger partial charge on any atom is -0.444 e. The van der Waals surface area contributed by atoms with Crippen LogP contribution in [-0.4, -0.2) is 58.4 Å². The highest BCUT2D eigenvalue weighted by Gasteiger charge is 2.25. The summed E-state index contributed by atoms with van der Waals surface area (Å²) in [7, 11) is 1.81. The molecule has 7 nitrogen and oxygen atoms in total. The fourth-order valence-corrected chi connectivity index (χ4v) is 2.88. The predicted molar refractivity (Wildman–Crippen MR) is 95.3 cm³/mol. The number of carbonyl (C=O) groups is 1. The molecule has 2 rings (SSSR count). The van der Waals surface area contributed by atoms with Gasteiger partial charge in [0, 0.05) is 19.5 Å². The molecule has 1 amide bonds. The number of nitrogens with zero attached hydrogens (tertiary/aromatic N) is 4. The van der Waals surface area contributed by atoms with E-state index in [0.717, 1.165) is 32.5 Å². The van der Waals surface area contributed by atoms with Crippen molar-refractivity contribution < 1.29 is 13.9 Å². The van der Waals surface area contributed by atoms with Gasteiger partial charge in [-0.05, 0) is 52.6 Å². The summed E-state index contributed by atoms with van der Waals surface area (Å²) < 4.78 is 11.1.